The molecule has 82 valence electrons. The molecule has 3 rings (SSSR count). The maximum Gasteiger partial charge on any atom is 0.151 e. The van der Waals surface area contributed by atoms with Gasteiger partial charge in [0, 0.05) is 23.7 Å². The Morgan fingerprint density at radius 2 is 2.13 bits per heavy atom. The van der Waals surface area contributed by atoms with E-state index < -0.39 is 0 Å². The third kappa shape index (κ3) is 1.53. The van der Waals surface area contributed by atoms with Crippen LogP contribution in [0.2, 0.25) is 0 Å². The summed E-state index contributed by atoms with van der Waals surface area (Å²) in [5.74, 6) is 1.81. The lowest BCUT2D eigenvalue weighted by atomic mass is 9.91. The first kappa shape index (κ1) is 9.21. The molecule has 0 aliphatic carbocycles. The summed E-state index contributed by atoms with van der Waals surface area (Å²) >= 11 is 0. The fraction of sp³-hybridized carbons (Fsp3) is 0.727. The average molecular weight is 206 g/mol. The normalized spacial score (nSPS) is 22.7. The van der Waals surface area contributed by atoms with Gasteiger partial charge in [-0.15, -0.1) is 0 Å². The van der Waals surface area contributed by atoms with Crippen molar-refractivity contribution in [1.82, 2.24) is 15.1 Å². The predicted molar refractivity (Wildman–Crippen MR) is 60.3 cm³/mol. The number of nitrogens with zero attached hydrogens (tertiary/aromatic N) is 2. The van der Waals surface area contributed by atoms with E-state index in [9.17, 15) is 0 Å². The van der Waals surface area contributed by atoms with Crippen molar-refractivity contribution in [2.75, 3.05) is 32.0 Å². The zero-order chi connectivity index (χ0) is 10.3. The molecule has 0 unspecified atom stereocenters. The van der Waals surface area contributed by atoms with Gasteiger partial charge in [0.15, 0.2) is 5.82 Å². The summed E-state index contributed by atoms with van der Waals surface area (Å²) in [6, 6.07) is 0. The maximum absolute atomic E-state index is 4.34. The number of hydrogen-bond donors (Lipinski definition) is 2. The Morgan fingerprint density at radius 1 is 1.33 bits per heavy atom. The Morgan fingerprint density at radius 3 is 2.93 bits per heavy atom. The van der Waals surface area contributed by atoms with Crippen LogP contribution in [0.5, 0.6) is 0 Å². The molecule has 15 heavy (non-hydrogen) atoms. The van der Waals surface area contributed by atoms with Crippen molar-refractivity contribution < 1.29 is 0 Å². The standard InChI is InChI=1S/C11H18N4/c1-15-6-3-8(4-7-15)10-9-2-5-12-11(9)14-13-10/h8H,2-7H2,1H3,(H2,12,13,14). The van der Waals surface area contributed by atoms with Gasteiger partial charge in [0.25, 0.3) is 0 Å². The van der Waals surface area contributed by atoms with E-state index in [1.165, 1.54) is 37.2 Å². The summed E-state index contributed by atoms with van der Waals surface area (Å²) in [4.78, 5) is 2.41. The zero-order valence-electron chi connectivity index (χ0n) is 9.21. The fourth-order valence-electron chi connectivity index (χ4n) is 2.72. The van der Waals surface area contributed by atoms with E-state index in [2.05, 4.69) is 27.5 Å². The minimum atomic E-state index is 0.706. The highest BCUT2D eigenvalue weighted by atomic mass is 15.2. The molecule has 1 aromatic heterocycles. The molecule has 1 fully saturated rings. The SMILES string of the molecule is CN1CCC(c2[nH]nc3c2CCN3)CC1. The molecule has 1 saturated heterocycles. The van der Waals surface area contributed by atoms with Crippen LogP contribution in [0, 0.1) is 0 Å². The zero-order valence-corrected chi connectivity index (χ0v) is 9.21. The van der Waals surface area contributed by atoms with Crippen LogP contribution in [0.15, 0.2) is 0 Å². The van der Waals surface area contributed by atoms with E-state index in [-0.39, 0.29) is 0 Å². The summed E-state index contributed by atoms with van der Waals surface area (Å²) in [7, 11) is 2.20. The highest BCUT2D eigenvalue weighted by molar-refractivity contribution is 5.52. The lowest BCUT2D eigenvalue weighted by molar-refractivity contribution is 0.253. The molecule has 2 N–H and O–H groups in total. The van der Waals surface area contributed by atoms with Crippen molar-refractivity contribution in [3.8, 4) is 0 Å². The van der Waals surface area contributed by atoms with Crippen molar-refractivity contribution in [3.63, 3.8) is 0 Å². The summed E-state index contributed by atoms with van der Waals surface area (Å²) in [6.07, 6.45) is 3.68. The van der Waals surface area contributed by atoms with Crippen LogP contribution in [0.4, 0.5) is 5.82 Å². The number of fused-ring (bicyclic) bond motifs is 1. The molecular formula is C11H18N4. The van der Waals surface area contributed by atoms with Gasteiger partial charge in [-0.1, -0.05) is 0 Å². The molecule has 2 aliphatic rings. The number of aromatic amines is 1. The predicted octanol–water partition coefficient (Wildman–Crippen LogP) is 1.19. The topological polar surface area (TPSA) is 44.0 Å². The minimum absolute atomic E-state index is 0.706. The summed E-state index contributed by atoms with van der Waals surface area (Å²) < 4.78 is 0. The van der Waals surface area contributed by atoms with E-state index in [1.54, 1.807) is 0 Å². The molecule has 2 aliphatic heterocycles. The quantitative estimate of drug-likeness (QED) is 0.725. The number of aromatic nitrogens is 2. The molecule has 0 bridgehead atoms. The summed E-state index contributed by atoms with van der Waals surface area (Å²) in [5.41, 5.74) is 2.85. The number of nitrogens with one attached hydrogen (secondary N) is 2. The smallest absolute Gasteiger partial charge is 0.151 e. The van der Waals surface area contributed by atoms with Crippen molar-refractivity contribution in [1.29, 1.82) is 0 Å². The van der Waals surface area contributed by atoms with Crippen LogP contribution >= 0.6 is 0 Å². The lowest BCUT2D eigenvalue weighted by Gasteiger charge is -2.28. The number of H-pyrrole nitrogens is 1. The Labute approximate surface area is 90.0 Å². The first-order valence-corrected chi connectivity index (χ1v) is 5.84. The monoisotopic (exact) mass is 206 g/mol. The van der Waals surface area contributed by atoms with Gasteiger partial charge in [-0.05, 0) is 39.4 Å². The third-order valence-electron chi connectivity index (χ3n) is 3.69. The second-order valence-corrected chi connectivity index (χ2v) is 4.72. The van der Waals surface area contributed by atoms with E-state index in [0.29, 0.717) is 5.92 Å². The van der Waals surface area contributed by atoms with Gasteiger partial charge < -0.3 is 10.2 Å². The Hall–Kier alpha value is -1.03. The van der Waals surface area contributed by atoms with E-state index in [0.717, 1.165) is 18.8 Å². The van der Waals surface area contributed by atoms with Gasteiger partial charge in [0.05, 0.1) is 0 Å². The molecule has 1 aromatic rings. The number of piperidine rings is 1. The van der Waals surface area contributed by atoms with Gasteiger partial charge in [0.2, 0.25) is 0 Å². The molecule has 4 heteroatoms. The minimum Gasteiger partial charge on any atom is -0.368 e. The number of likely N-dealkylation sites (tertiary alicyclic amines) is 1. The number of hydrogen-bond acceptors (Lipinski definition) is 3. The van der Waals surface area contributed by atoms with Gasteiger partial charge in [-0.25, -0.2) is 0 Å². The lowest BCUT2D eigenvalue weighted by Crippen LogP contribution is -2.29. The van der Waals surface area contributed by atoms with Crippen molar-refractivity contribution in [2.24, 2.45) is 0 Å². The van der Waals surface area contributed by atoms with Gasteiger partial charge in [-0.3, -0.25) is 5.10 Å². The summed E-state index contributed by atoms with van der Waals surface area (Å²) in [6.45, 7) is 3.49. The van der Waals surface area contributed by atoms with Crippen LogP contribution in [0.25, 0.3) is 0 Å². The highest BCUT2D eigenvalue weighted by Crippen LogP contribution is 2.33. The molecule has 0 spiro atoms. The van der Waals surface area contributed by atoms with Gasteiger partial charge in [0.1, 0.15) is 0 Å². The van der Waals surface area contributed by atoms with Crippen LogP contribution in [-0.4, -0.2) is 41.8 Å². The third-order valence-corrected chi connectivity index (χ3v) is 3.69. The largest absolute Gasteiger partial charge is 0.368 e. The number of rotatable bonds is 1. The number of anilines is 1. The van der Waals surface area contributed by atoms with Crippen LogP contribution in [0.3, 0.4) is 0 Å². The summed E-state index contributed by atoms with van der Waals surface area (Å²) in [5, 5.41) is 10.9. The second kappa shape index (κ2) is 3.52. The second-order valence-electron chi connectivity index (χ2n) is 4.72. The fourth-order valence-corrected chi connectivity index (χ4v) is 2.72. The molecule has 0 saturated carbocycles. The van der Waals surface area contributed by atoms with Crippen LogP contribution < -0.4 is 5.32 Å². The van der Waals surface area contributed by atoms with E-state index in [4.69, 9.17) is 0 Å². The van der Waals surface area contributed by atoms with E-state index >= 15 is 0 Å². The van der Waals surface area contributed by atoms with E-state index in [1.807, 2.05) is 0 Å². The Bertz CT molecular complexity index is 349. The highest BCUT2D eigenvalue weighted by Gasteiger charge is 2.26. The Balaban J connectivity index is 1.81. The van der Waals surface area contributed by atoms with Crippen LogP contribution in [-0.2, 0) is 6.42 Å². The first-order valence-electron chi connectivity index (χ1n) is 5.84. The van der Waals surface area contributed by atoms with Gasteiger partial charge in [-0.2, -0.15) is 5.10 Å². The van der Waals surface area contributed by atoms with Crippen molar-refractivity contribution in [3.05, 3.63) is 11.3 Å². The maximum atomic E-state index is 4.34. The average Bonchev–Trinajstić information content (AvgIpc) is 2.80. The molecular weight excluding hydrogens is 188 g/mol. The first-order chi connectivity index (χ1) is 7.34. The van der Waals surface area contributed by atoms with Crippen LogP contribution in [0.1, 0.15) is 30.0 Å². The molecule has 0 atom stereocenters. The molecule has 0 radical (unpaired) electrons. The van der Waals surface area contributed by atoms with Crippen molar-refractivity contribution in [2.45, 2.75) is 25.2 Å². The molecule has 4 nitrogen and oxygen atoms in total. The molecule has 0 aromatic carbocycles. The molecule has 0 amide bonds. The van der Waals surface area contributed by atoms with Gasteiger partial charge >= 0.3 is 0 Å². The Kier molecular flexibility index (Phi) is 2.16. The molecule has 3 heterocycles. The van der Waals surface area contributed by atoms with Crippen molar-refractivity contribution >= 4 is 5.82 Å².